The summed E-state index contributed by atoms with van der Waals surface area (Å²) in [5.41, 5.74) is 2.50. The lowest BCUT2D eigenvalue weighted by atomic mass is 10.1. The van der Waals surface area contributed by atoms with E-state index in [0.717, 1.165) is 24.3 Å². The number of benzene rings is 2. The molecule has 0 aliphatic heterocycles. The fourth-order valence-corrected chi connectivity index (χ4v) is 2.11. The van der Waals surface area contributed by atoms with Crippen LogP contribution in [0.25, 0.3) is 0 Å². The number of carbonyl (C=O) groups is 1. The molecule has 0 atom stereocenters. The molecule has 0 aliphatic carbocycles. The molecule has 21 heavy (non-hydrogen) atoms. The lowest BCUT2D eigenvalue weighted by Crippen LogP contribution is -2.17. The second kappa shape index (κ2) is 7.45. The van der Waals surface area contributed by atoms with E-state index in [0.29, 0.717) is 12.1 Å². The van der Waals surface area contributed by atoms with Crippen molar-refractivity contribution in [3.63, 3.8) is 0 Å². The summed E-state index contributed by atoms with van der Waals surface area (Å²) in [4.78, 5) is 10.9. The van der Waals surface area contributed by atoms with E-state index in [1.165, 1.54) is 5.56 Å². The van der Waals surface area contributed by atoms with Gasteiger partial charge in [0.05, 0.1) is 12.7 Å². The highest BCUT2D eigenvalue weighted by Crippen LogP contribution is 2.12. The fourth-order valence-electron chi connectivity index (χ4n) is 2.11. The maximum atomic E-state index is 10.9. The second-order valence-corrected chi connectivity index (χ2v) is 4.78. The Morgan fingerprint density at radius 3 is 2.67 bits per heavy atom. The van der Waals surface area contributed by atoms with Crippen molar-refractivity contribution >= 4 is 5.97 Å². The molecule has 0 amide bonds. The summed E-state index contributed by atoms with van der Waals surface area (Å²) in [6, 6.07) is 15.0. The average molecular weight is 285 g/mol. The molecule has 0 aliphatic rings. The minimum Gasteiger partial charge on any atom is -0.497 e. The van der Waals surface area contributed by atoms with Gasteiger partial charge in [0.15, 0.2) is 0 Å². The van der Waals surface area contributed by atoms with Crippen molar-refractivity contribution in [3.8, 4) is 5.75 Å². The Bertz CT molecular complexity index is 610. The van der Waals surface area contributed by atoms with E-state index in [4.69, 9.17) is 9.84 Å². The quantitative estimate of drug-likeness (QED) is 0.768. The number of hydrogen-bond donors (Lipinski definition) is 2. The van der Waals surface area contributed by atoms with Crippen molar-refractivity contribution in [2.75, 3.05) is 13.7 Å². The molecular formula is C17H19NO3. The molecule has 0 spiro atoms. The molecule has 0 aromatic heterocycles. The lowest BCUT2D eigenvalue weighted by Gasteiger charge is -2.07. The molecule has 0 saturated heterocycles. The molecule has 110 valence electrons. The maximum Gasteiger partial charge on any atom is 0.335 e. The smallest absolute Gasteiger partial charge is 0.335 e. The Morgan fingerprint density at radius 2 is 1.90 bits per heavy atom. The van der Waals surface area contributed by atoms with Crippen LogP contribution in [-0.4, -0.2) is 24.7 Å². The van der Waals surface area contributed by atoms with Crippen LogP contribution < -0.4 is 10.1 Å². The third-order valence-electron chi connectivity index (χ3n) is 3.23. The highest BCUT2D eigenvalue weighted by Gasteiger charge is 2.02. The van der Waals surface area contributed by atoms with Gasteiger partial charge in [-0.15, -0.1) is 0 Å². The van der Waals surface area contributed by atoms with Crippen LogP contribution in [-0.2, 0) is 13.0 Å². The number of methoxy groups -OCH3 is 1. The molecule has 0 fully saturated rings. The summed E-state index contributed by atoms with van der Waals surface area (Å²) in [7, 11) is 1.66. The number of aromatic carboxylic acids is 1. The highest BCUT2D eigenvalue weighted by molar-refractivity contribution is 5.87. The first-order chi connectivity index (χ1) is 10.2. The van der Waals surface area contributed by atoms with Crippen molar-refractivity contribution < 1.29 is 14.6 Å². The zero-order chi connectivity index (χ0) is 15.1. The van der Waals surface area contributed by atoms with Gasteiger partial charge in [0, 0.05) is 6.54 Å². The monoisotopic (exact) mass is 285 g/mol. The van der Waals surface area contributed by atoms with Gasteiger partial charge in [0.2, 0.25) is 0 Å². The molecule has 0 unspecified atom stereocenters. The number of ether oxygens (including phenoxy) is 1. The molecule has 0 bridgehead atoms. The molecule has 2 aromatic carbocycles. The van der Waals surface area contributed by atoms with Crippen molar-refractivity contribution in [1.82, 2.24) is 5.32 Å². The van der Waals surface area contributed by atoms with Crippen molar-refractivity contribution in [2.45, 2.75) is 13.0 Å². The summed E-state index contributed by atoms with van der Waals surface area (Å²) in [6.07, 6.45) is 0.899. The minimum atomic E-state index is -0.895. The van der Waals surface area contributed by atoms with Crippen LogP contribution in [0.3, 0.4) is 0 Å². The summed E-state index contributed by atoms with van der Waals surface area (Å²) in [5, 5.41) is 12.3. The number of nitrogens with one attached hydrogen (secondary N) is 1. The Labute approximate surface area is 124 Å². The number of carboxylic acids is 1. The molecule has 4 heteroatoms. The third kappa shape index (κ3) is 4.61. The van der Waals surface area contributed by atoms with Gasteiger partial charge >= 0.3 is 5.97 Å². The largest absolute Gasteiger partial charge is 0.497 e. The molecule has 2 rings (SSSR count). The molecule has 4 nitrogen and oxygen atoms in total. The van der Waals surface area contributed by atoms with E-state index < -0.39 is 5.97 Å². The van der Waals surface area contributed by atoms with E-state index >= 15 is 0 Å². The van der Waals surface area contributed by atoms with Crippen LogP contribution in [0.5, 0.6) is 5.75 Å². The predicted molar refractivity (Wildman–Crippen MR) is 81.8 cm³/mol. The Morgan fingerprint density at radius 1 is 1.14 bits per heavy atom. The van der Waals surface area contributed by atoms with E-state index in [1.54, 1.807) is 25.3 Å². The maximum absolute atomic E-state index is 10.9. The highest BCUT2D eigenvalue weighted by atomic mass is 16.5. The Kier molecular flexibility index (Phi) is 5.35. The summed E-state index contributed by atoms with van der Waals surface area (Å²) in [6.45, 7) is 1.48. The van der Waals surface area contributed by atoms with Crippen LogP contribution >= 0.6 is 0 Å². The zero-order valence-corrected chi connectivity index (χ0v) is 12.0. The standard InChI is InChI=1S/C17H19NO3/c1-21-16-7-3-4-13(11-16)8-9-18-12-14-5-2-6-15(10-14)17(19)20/h2-7,10-11,18H,8-9,12H2,1H3,(H,19,20). The van der Waals surface area contributed by atoms with Crippen LogP contribution in [0, 0.1) is 0 Å². The van der Waals surface area contributed by atoms with Crippen LogP contribution in [0.4, 0.5) is 0 Å². The Hall–Kier alpha value is -2.33. The first kappa shape index (κ1) is 15.1. The van der Waals surface area contributed by atoms with Crippen molar-refractivity contribution in [2.24, 2.45) is 0 Å². The zero-order valence-electron chi connectivity index (χ0n) is 12.0. The topological polar surface area (TPSA) is 58.6 Å². The first-order valence-corrected chi connectivity index (χ1v) is 6.85. The Balaban J connectivity index is 1.81. The van der Waals surface area contributed by atoms with Gasteiger partial charge in [-0.05, 0) is 48.4 Å². The average Bonchev–Trinajstić information content (AvgIpc) is 2.52. The first-order valence-electron chi connectivity index (χ1n) is 6.85. The minimum absolute atomic E-state index is 0.321. The van der Waals surface area contributed by atoms with E-state index in [-0.39, 0.29) is 0 Å². The van der Waals surface area contributed by atoms with E-state index in [1.807, 2.05) is 24.3 Å². The summed E-state index contributed by atoms with van der Waals surface area (Å²) < 4.78 is 5.19. The van der Waals surface area contributed by atoms with Gasteiger partial charge < -0.3 is 15.2 Å². The lowest BCUT2D eigenvalue weighted by molar-refractivity contribution is 0.0696. The fraction of sp³-hybridized carbons (Fsp3) is 0.235. The predicted octanol–water partition coefficient (Wildman–Crippen LogP) is 2.73. The van der Waals surface area contributed by atoms with Gasteiger partial charge in [0.1, 0.15) is 5.75 Å². The van der Waals surface area contributed by atoms with Gasteiger partial charge in [-0.2, -0.15) is 0 Å². The van der Waals surface area contributed by atoms with E-state index in [9.17, 15) is 4.79 Å². The van der Waals surface area contributed by atoms with Crippen molar-refractivity contribution in [3.05, 3.63) is 65.2 Å². The van der Waals surface area contributed by atoms with Crippen molar-refractivity contribution in [1.29, 1.82) is 0 Å². The molecule has 0 saturated carbocycles. The molecule has 0 heterocycles. The third-order valence-corrected chi connectivity index (χ3v) is 3.23. The van der Waals surface area contributed by atoms with Crippen LogP contribution in [0.1, 0.15) is 21.5 Å². The normalized spacial score (nSPS) is 10.3. The van der Waals surface area contributed by atoms with Crippen LogP contribution in [0.2, 0.25) is 0 Å². The molecule has 0 radical (unpaired) electrons. The van der Waals surface area contributed by atoms with Gasteiger partial charge in [0.25, 0.3) is 0 Å². The van der Waals surface area contributed by atoms with Gasteiger partial charge in [-0.25, -0.2) is 4.79 Å². The SMILES string of the molecule is COc1cccc(CCNCc2cccc(C(=O)O)c2)c1. The molecule has 2 aromatic rings. The van der Waals surface area contributed by atoms with Gasteiger partial charge in [-0.1, -0.05) is 24.3 Å². The number of hydrogen-bond acceptors (Lipinski definition) is 3. The summed E-state index contributed by atoms with van der Waals surface area (Å²) in [5.74, 6) is -0.0325. The molecular weight excluding hydrogens is 266 g/mol. The van der Waals surface area contributed by atoms with Gasteiger partial charge in [-0.3, -0.25) is 0 Å². The summed E-state index contributed by atoms with van der Waals surface area (Å²) >= 11 is 0. The van der Waals surface area contributed by atoms with Crippen LogP contribution in [0.15, 0.2) is 48.5 Å². The molecule has 2 N–H and O–H groups in total. The second-order valence-electron chi connectivity index (χ2n) is 4.78. The number of rotatable bonds is 7. The van der Waals surface area contributed by atoms with E-state index in [2.05, 4.69) is 11.4 Å². The number of carboxylic acid groups (broad SMARTS) is 1.